The van der Waals surface area contributed by atoms with Crippen molar-refractivity contribution in [2.24, 2.45) is 0 Å². The van der Waals surface area contributed by atoms with Gasteiger partial charge in [0, 0.05) is 61.3 Å². The molecule has 1 amide bonds. The minimum absolute atomic E-state index is 0.0505. The second-order valence-electron chi connectivity index (χ2n) is 10.4. The quantitative estimate of drug-likeness (QED) is 0.318. The number of alkyl halides is 2. The fraction of sp³-hybridized carbons (Fsp3) is 0.429. The molecule has 13 heteroatoms. The number of hydrogen-bond donors (Lipinski definition) is 3. The van der Waals surface area contributed by atoms with Gasteiger partial charge in [-0.05, 0) is 56.0 Å². The lowest BCUT2D eigenvalue weighted by Gasteiger charge is -2.38. The van der Waals surface area contributed by atoms with E-state index < -0.39 is 15.9 Å². The Labute approximate surface area is 239 Å². The van der Waals surface area contributed by atoms with Crippen molar-refractivity contribution in [2.75, 3.05) is 22.8 Å². The molecule has 0 spiro atoms. The maximum Gasteiger partial charge on any atom is 0.270 e. The summed E-state index contributed by atoms with van der Waals surface area (Å²) in [5, 5.41) is 6.59. The molecule has 4 rings (SSSR count). The third-order valence-corrected chi connectivity index (χ3v) is 7.53. The normalized spacial score (nSPS) is 17.8. The Morgan fingerprint density at radius 2 is 1.98 bits per heavy atom. The molecule has 1 aliphatic heterocycles. The van der Waals surface area contributed by atoms with Gasteiger partial charge in [0.2, 0.25) is 16.0 Å². The van der Waals surface area contributed by atoms with E-state index in [-0.39, 0.29) is 29.4 Å². The first-order chi connectivity index (χ1) is 19.3. The van der Waals surface area contributed by atoms with Crippen LogP contribution in [-0.2, 0) is 28.9 Å². The van der Waals surface area contributed by atoms with E-state index in [9.17, 15) is 22.0 Å². The van der Waals surface area contributed by atoms with Gasteiger partial charge in [-0.15, -0.1) is 0 Å². The number of aromatic nitrogens is 3. The molecule has 10 nitrogen and oxygen atoms in total. The Morgan fingerprint density at radius 1 is 1.20 bits per heavy atom. The number of anilines is 3. The molecular formula is C28H35F2N7O3S. The maximum absolute atomic E-state index is 13.8. The van der Waals surface area contributed by atoms with Crippen molar-refractivity contribution in [2.45, 2.75) is 64.6 Å². The summed E-state index contributed by atoms with van der Waals surface area (Å²) in [7, 11) is -3.51. The van der Waals surface area contributed by atoms with Gasteiger partial charge < -0.3 is 15.5 Å². The predicted octanol–water partition coefficient (Wildman–Crippen LogP) is 4.44. The van der Waals surface area contributed by atoms with E-state index in [2.05, 4.69) is 30.3 Å². The molecule has 0 bridgehead atoms. The smallest absolute Gasteiger partial charge is 0.270 e. The van der Waals surface area contributed by atoms with E-state index in [1.54, 1.807) is 29.3 Å². The van der Waals surface area contributed by atoms with Crippen molar-refractivity contribution >= 4 is 33.4 Å². The van der Waals surface area contributed by atoms with Gasteiger partial charge in [0.05, 0.1) is 11.9 Å². The summed E-state index contributed by atoms with van der Waals surface area (Å²) < 4.78 is 52.9. The third-order valence-electron chi connectivity index (χ3n) is 6.95. The minimum atomic E-state index is -3.51. The molecule has 0 aliphatic carbocycles. The monoisotopic (exact) mass is 587 g/mol. The summed E-state index contributed by atoms with van der Waals surface area (Å²) in [6, 6.07) is 9.14. The zero-order chi connectivity index (χ0) is 29.8. The highest BCUT2D eigenvalue weighted by Gasteiger charge is 2.30. The van der Waals surface area contributed by atoms with Crippen LogP contribution in [0, 0.1) is 0 Å². The summed E-state index contributed by atoms with van der Waals surface area (Å²) in [6.07, 6.45) is 6.37. The number of nitrogens with zero attached hydrogens (tertiary/aromatic N) is 4. The van der Waals surface area contributed by atoms with Crippen LogP contribution < -0.4 is 15.4 Å². The van der Waals surface area contributed by atoms with Crippen LogP contribution in [0.25, 0.3) is 0 Å². The second kappa shape index (κ2) is 12.4. The van der Waals surface area contributed by atoms with Gasteiger partial charge in [0.1, 0.15) is 5.82 Å². The number of amides is 1. The summed E-state index contributed by atoms with van der Waals surface area (Å²) >= 11 is 0. The number of nitrogens with one attached hydrogen (secondary N) is 3. The molecule has 3 heterocycles. The summed E-state index contributed by atoms with van der Waals surface area (Å²) in [6.45, 7) is 5.89. The Morgan fingerprint density at radius 3 is 2.66 bits per heavy atom. The van der Waals surface area contributed by atoms with Crippen LogP contribution in [0.1, 0.15) is 60.8 Å². The maximum atomic E-state index is 13.8. The van der Waals surface area contributed by atoms with E-state index in [1.165, 1.54) is 24.4 Å². The van der Waals surface area contributed by atoms with E-state index in [0.717, 1.165) is 43.7 Å². The number of hydrogen-bond acceptors (Lipinski definition) is 8. The fourth-order valence-electron chi connectivity index (χ4n) is 4.83. The molecule has 1 saturated heterocycles. The van der Waals surface area contributed by atoms with Crippen molar-refractivity contribution in [3.8, 4) is 0 Å². The van der Waals surface area contributed by atoms with Gasteiger partial charge in [-0.3, -0.25) is 9.52 Å². The fourth-order valence-corrected chi connectivity index (χ4v) is 5.32. The topological polar surface area (TPSA) is 129 Å². The number of benzene rings is 1. The zero-order valence-corrected chi connectivity index (χ0v) is 24.3. The minimum Gasteiger partial charge on any atom is -0.336 e. The number of carbonyl (C=O) groups excluding carboxylic acids is 1. The van der Waals surface area contributed by atoms with Crippen molar-refractivity contribution in [3.63, 3.8) is 0 Å². The molecule has 1 fully saturated rings. The second-order valence-corrected chi connectivity index (χ2v) is 12.1. The van der Waals surface area contributed by atoms with Crippen LogP contribution in [0.5, 0.6) is 0 Å². The van der Waals surface area contributed by atoms with Gasteiger partial charge in [-0.2, -0.15) is 0 Å². The standard InChI is InChI=1S/C28H35F2N7O3S/c1-5-19-16-33-27(34-23-8-6-7-21(15-23)28(3,29)30)35-24(19)17-32-22-10-12-37(18(2)13-22)26(38)20-9-11-31-25(14-20)36-41(4,39)40/h6-9,11,14-16,18,22,32H,5,10,12-13,17H2,1-4H3,(H,31,36)(H,33,34,35)/t18-,22+/m1/s1. The Kier molecular flexibility index (Phi) is 9.17. The molecular weight excluding hydrogens is 552 g/mol. The average Bonchev–Trinajstić information content (AvgIpc) is 2.90. The molecule has 2 aromatic heterocycles. The SMILES string of the molecule is CCc1cnc(Nc2cccc(C(C)(F)F)c2)nc1CN[C@H]1CCN(C(=O)c2ccnc(NS(C)(=O)=O)c2)[C@H](C)C1. The molecule has 1 aromatic carbocycles. The molecule has 0 unspecified atom stereocenters. The number of rotatable bonds is 10. The summed E-state index contributed by atoms with van der Waals surface area (Å²) in [4.78, 5) is 28.0. The van der Waals surface area contributed by atoms with Gasteiger partial charge in [-0.25, -0.2) is 32.2 Å². The number of aryl methyl sites for hydroxylation is 1. The first-order valence-corrected chi connectivity index (χ1v) is 15.3. The van der Waals surface area contributed by atoms with Crippen LogP contribution in [0.2, 0.25) is 0 Å². The first kappa shape index (κ1) is 30.3. The molecule has 0 saturated carbocycles. The molecule has 3 aromatic rings. The van der Waals surface area contributed by atoms with Crippen molar-refractivity contribution in [1.82, 2.24) is 25.2 Å². The molecule has 1 aliphatic rings. The number of piperidine rings is 1. The van der Waals surface area contributed by atoms with Crippen LogP contribution >= 0.6 is 0 Å². The summed E-state index contributed by atoms with van der Waals surface area (Å²) in [5.74, 6) is -2.71. The lowest BCUT2D eigenvalue weighted by Crippen LogP contribution is -2.49. The predicted molar refractivity (Wildman–Crippen MR) is 154 cm³/mol. The number of pyridine rings is 1. The molecule has 2 atom stereocenters. The number of sulfonamides is 1. The van der Waals surface area contributed by atoms with Gasteiger partial charge >= 0.3 is 0 Å². The first-order valence-electron chi connectivity index (χ1n) is 13.4. The Hall–Kier alpha value is -3.71. The van der Waals surface area contributed by atoms with Crippen molar-refractivity contribution in [1.29, 1.82) is 0 Å². The number of halogens is 2. The van der Waals surface area contributed by atoms with Crippen molar-refractivity contribution in [3.05, 3.63) is 71.2 Å². The van der Waals surface area contributed by atoms with Crippen molar-refractivity contribution < 1.29 is 22.0 Å². The summed E-state index contributed by atoms with van der Waals surface area (Å²) in [5.41, 5.74) is 2.55. The highest BCUT2D eigenvalue weighted by molar-refractivity contribution is 7.92. The zero-order valence-electron chi connectivity index (χ0n) is 23.5. The van der Waals surface area contributed by atoms with Gasteiger partial charge in [-0.1, -0.05) is 19.1 Å². The third kappa shape index (κ3) is 8.17. The molecule has 41 heavy (non-hydrogen) atoms. The van der Waals surface area contributed by atoms with E-state index in [4.69, 9.17) is 0 Å². The Bertz CT molecular complexity index is 1500. The van der Waals surface area contributed by atoms with E-state index >= 15 is 0 Å². The molecule has 3 N–H and O–H groups in total. The van der Waals surface area contributed by atoms with E-state index in [1.807, 2.05) is 13.8 Å². The van der Waals surface area contributed by atoms with Crippen LogP contribution in [-0.4, -0.2) is 59.1 Å². The van der Waals surface area contributed by atoms with E-state index in [0.29, 0.717) is 30.3 Å². The largest absolute Gasteiger partial charge is 0.336 e. The number of likely N-dealkylation sites (tertiary alicyclic amines) is 1. The highest BCUT2D eigenvalue weighted by atomic mass is 32.2. The van der Waals surface area contributed by atoms with Crippen LogP contribution in [0.3, 0.4) is 0 Å². The lowest BCUT2D eigenvalue weighted by molar-refractivity contribution is 0.0175. The van der Waals surface area contributed by atoms with Crippen LogP contribution in [0.4, 0.5) is 26.2 Å². The molecule has 220 valence electrons. The molecule has 0 radical (unpaired) electrons. The highest BCUT2D eigenvalue weighted by Crippen LogP contribution is 2.29. The number of carbonyl (C=O) groups is 1. The van der Waals surface area contributed by atoms with Crippen LogP contribution in [0.15, 0.2) is 48.8 Å². The Balaban J connectivity index is 1.38. The van der Waals surface area contributed by atoms with Gasteiger partial charge in [0.25, 0.3) is 11.8 Å². The lowest BCUT2D eigenvalue weighted by atomic mass is 9.97. The van der Waals surface area contributed by atoms with Gasteiger partial charge in [0.15, 0.2) is 0 Å². The average molecular weight is 588 g/mol.